The Balaban J connectivity index is 1.68. The predicted octanol–water partition coefficient (Wildman–Crippen LogP) is -0.252. The third-order valence-electron chi connectivity index (χ3n) is 3.70. The minimum Gasteiger partial charge on any atom is -0.340 e. The number of aromatic nitrogens is 4. The van der Waals surface area contributed by atoms with Gasteiger partial charge in [0.1, 0.15) is 12.9 Å². The first kappa shape index (κ1) is 14.6. The topological polar surface area (TPSA) is 98.1 Å². The minimum atomic E-state index is -3.41. The minimum absolute atomic E-state index is 0.0190. The molecular weight excluding hydrogens is 306 g/mol. The lowest BCUT2D eigenvalue weighted by Crippen LogP contribution is -2.34. The van der Waals surface area contributed by atoms with E-state index in [1.807, 2.05) is 0 Å². The van der Waals surface area contributed by atoms with Gasteiger partial charge in [0.15, 0.2) is 9.84 Å². The monoisotopic (exact) mass is 321 g/mol. The Labute approximate surface area is 127 Å². The number of likely N-dealkylation sites (tertiary alicyclic amines) is 1. The highest BCUT2D eigenvalue weighted by molar-refractivity contribution is 7.92. The van der Waals surface area contributed by atoms with Crippen LogP contribution in [0.1, 0.15) is 6.42 Å². The van der Waals surface area contributed by atoms with Crippen LogP contribution in [0.3, 0.4) is 0 Å². The molecule has 0 N–H and O–H groups in total. The lowest BCUT2D eigenvalue weighted by molar-refractivity contribution is -0.130. The van der Waals surface area contributed by atoms with Gasteiger partial charge in [-0.15, -0.1) is 5.10 Å². The highest BCUT2D eigenvalue weighted by Gasteiger charge is 2.36. The van der Waals surface area contributed by atoms with Crippen LogP contribution in [-0.2, 0) is 21.2 Å². The average molecular weight is 321 g/mol. The van der Waals surface area contributed by atoms with Crippen LogP contribution in [0.4, 0.5) is 0 Å². The Kier molecular flexibility index (Phi) is 3.88. The summed E-state index contributed by atoms with van der Waals surface area (Å²) in [4.78, 5) is 14.0. The number of hydrogen-bond donors (Lipinski definition) is 0. The molecule has 9 heteroatoms. The summed E-state index contributed by atoms with van der Waals surface area (Å²) in [5.41, 5.74) is 0. The maximum Gasteiger partial charge on any atom is 0.244 e. The molecule has 0 bridgehead atoms. The predicted molar refractivity (Wildman–Crippen MR) is 76.4 cm³/mol. The van der Waals surface area contributed by atoms with Gasteiger partial charge < -0.3 is 4.90 Å². The van der Waals surface area contributed by atoms with E-state index < -0.39 is 15.1 Å². The van der Waals surface area contributed by atoms with Gasteiger partial charge in [0.25, 0.3) is 0 Å². The van der Waals surface area contributed by atoms with Gasteiger partial charge in [0.05, 0.1) is 10.1 Å². The van der Waals surface area contributed by atoms with Gasteiger partial charge in [0, 0.05) is 13.1 Å². The molecule has 2 heterocycles. The second-order valence-corrected chi connectivity index (χ2v) is 7.34. The van der Waals surface area contributed by atoms with E-state index >= 15 is 0 Å². The molecule has 1 aliphatic rings. The van der Waals surface area contributed by atoms with Gasteiger partial charge in [0.2, 0.25) is 5.91 Å². The highest BCUT2D eigenvalue weighted by atomic mass is 32.2. The molecule has 0 spiro atoms. The van der Waals surface area contributed by atoms with Crippen molar-refractivity contribution >= 4 is 15.7 Å². The quantitative estimate of drug-likeness (QED) is 0.770. The highest BCUT2D eigenvalue weighted by Crippen LogP contribution is 2.23. The third kappa shape index (κ3) is 2.84. The fraction of sp³-hybridized carbons (Fsp3) is 0.385. The molecule has 1 unspecified atom stereocenters. The molecule has 3 rings (SSSR count). The number of rotatable bonds is 4. The molecule has 1 amide bonds. The number of hydrogen-bond acceptors (Lipinski definition) is 6. The van der Waals surface area contributed by atoms with E-state index in [1.54, 1.807) is 35.2 Å². The van der Waals surface area contributed by atoms with Crippen LogP contribution >= 0.6 is 0 Å². The Morgan fingerprint density at radius 2 is 2.05 bits per heavy atom. The molecule has 1 saturated heterocycles. The maximum absolute atomic E-state index is 12.5. The molecule has 2 aromatic rings. The van der Waals surface area contributed by atoms with Gasteiger partial charge in [-0.1, -0.05) is 18.2 Å². The molecular formula is C13H15N5O3S. The number of nitrogens with zero attached hydrogens (tertiary/aromatic N) is 5. The van der Waals surface area contributed by atoms with E-state index in [2.05, 4.69) is 15.5 Å². The zero-order chi connectivity index (χ0) is 15.6. The van der Waals surface area contributed by atoms with E-state index in [-0.39, 0.29) is 19.0 Å². The number of benzene rings is 1. The van der Waals surface area contributed by atoms with Gasteiger partial charge in [-0.25, -0.2) is 13.1 Å². The molecule has 0 saturated carbocycles. The number of sulfone groups is 1. The van der Waals surface area contributed by atoms with Crippen molar-refractivity contribution in [2.75, 3.05) is 13.1 Å². The first-order valence-corrected chi connectivity index (χ1v) is 8.39. The van der Waals surface area contributed by atoms with Crippen molar-refractivity contribution in [2.45, 2.75) is 23.1 Å². The molecule has 22 heavy (non-hydrogen) atoms. The zero-order valence-electron chi connectivity index (χ0n) is 11.7. The molecule has 1 atom stereocenters. The summed E-state index contributed by atoms with van der Waals surface area (Å²) in [6.45, 7) is 0.654. The summed E-state index contributed by atoms with van der Waals surface area (Å²) >= 11 is 0. The van der Waals surface area contributed by atoms with Gasteiger partial charge >= 0.3 is 0 Å². The van der Waals surface area contributed by atoms with E-state index in [0.29, 0.717) is 17.9 Å². The van der Waals surface area contributed by atoms with Crippen molar-refractivity contribution in [3.05, 3.63) is 36.7 Å². The number of carbonyl (C=O) groups is 1. The Morgan fingerprint density at radius 1 is 1.27 bits per heavy atom. The fourth-order valence-corrected chi connectivity index (χ4v) is 4.22. The van der Waals surface area contributed by atoms with Crippen molar-refractivity contribution in [2.24, 2.45) is 0 Å². The van der Waals surface area contributed by atoms with Crippen molar-refractivity contribution in [3.8, 4) is 0 Å². The lowest BCUT2D eigenvalue weighted by Gasteiger charge is -2.16. The second-order valence-electron chi connectivity index (χ2n) is 5.12. The summed E-state index contributed by atoms with van der Waals surface area (Å²) in [5, 5.41) is 9.99. The summed E-state index contributed by atoms with van der Waals surface area (Å²) < 4.78 is 26.4. The number of carbonyl (C=O) groups excluding carboxylic acids is 1. The number of tetrazole rings is 1. The summed E-state index contributed by atoms with van der Waals surface area (Å²) in [6, 6.07) is 8.34. The molecule has 116 valence electrons. The standard InChI is InChI=1S/C13H15N5O3S/c19-13(9-18-10-14-15-16-18)17-7-6-12(8-17)22(20,21)11-4-2-1-3-5-11/h1-5,10,12H,6-9H2. The van der Waals surface area contributed by atoms with E-state index in [0.717, 1.165) is 0 Å². The van der Waals surface area contributed by atoms with Crippen LogP contribution in [0.15, 0.2) is 41.6 Å². The molecule has 8 nitrogen and oxygen atoms in total. The van der Waals surface area contributed by atoms with E-state index in [4.69, 9.17) is 0 Å². The van der Waals surface area contributed by atoms with Crippen molar-refractivity contribution in [1.82, 2.24) is 25.1 Å². The SMILES string of the molecule is O=C(Cn1cnnn1)N1CCC(S(=O)(=O)c2ccccc2)C1. The Hall–Kier alpha value is -2.29. The largest absolute Gasteiger partial charge is 0.340 e. The molecule has 1 aromatic carbocycles. The van der Waals surface area contributed by atoms with Crippen LogP contribution in [0.5, 0.6) is 0 Å². The molecule has 0 aliphatic carbocycles. The van der Waals surface area contributed by atoms with Crippen LogP contribution in [0, 0.1) is 0 Å². The van der Waals surface area contributed by atoms with Crippen LogP contribution in [0.2, 0.25) is 0 Å². The maximum atomic E-state index is 12.5. The summed E-state index contributed by atoms with van der Waals surface area (Å²) in [7, 11) is -3.41. The number of amides is 1. The van der Waals surface area contributed by atoms with E-state index in [9.17, 15) is 13.2 Å². The zero-order valence-corrected chi connectivity index (χ0v) is 12.6. The Morgan fingerprint density at radius 3 is 2.73 bits per heavy atom. The molecule has 1 aliphatic heterocycles. The second kappa shape index (κ2) is 5.84. The summed E-state index contributed by atoms with van der Waals surface area (Å²) in [5.74, 6) is -0.182. The van der Waals surface area contributed by atoms with Crippen LogP contribution in [-0.4, -0.2) is 57.8 Å². The fourth-order valence-electron chi connectivity index (χ4n) is 2.50. The summed E-state index contributed by atoms with van der Waals surface area (Å²) in [6.07, 6.45) is 1.80. The van der Waals surface area contributed by atoms with Crippen LogP contribution < -0.4 is 0 Å². The third-order valence-corrected chi connectivity index (χ3v) is 5.89. The van der Waals surface area contributed by atoms with E-state index in [1.165, 1.54) is 11.0 Å². The lowest BCUT2D eigenvalue weighted by atomic mass is 10.4. The molecule has 1 aromatic heterocycles. The van der Waals surface area contributed by atoms with Crippen LogP contribution in [0.25, 0.3) is 0 Å². The van der Waals surface area contributed by atoms with Crippen molar-refractivity contribution < 1.29 is 13.2 Å². The van der Waals surface area contributed by atoms with Gasteiger partial charge in [-0.05, 0) is 29.0 Å². The Bertz CT molecular complexity index is 745. The molecule has 0 radical (unpaired) electrons. The average Bonchev–Trinajstić information content (AvgIpc) is 3.19. The smallest absolute Gasteiger partial charge is 0.244 e. The van der Waals surface area contributed by atoms with Crippen molar-refractivity contribution in [1.29, 1.82) is 0 Å². The molecule has 1 fully saturated rings. The first-order valence-electron chi connectivity index (χ1n) is 6.85. The first-order chi connectivity index (χ1) is 10.6. The van der Waals surface area contributed by atoms with Gasteiger partial charge in [-0.2, -0.15) is 0 Å². The van der Waals surface area contributed by atoms with Crippen molar-refractivity contribution in [3.63, 3.8) is 0 Å². The van der Waals surface area contributed by atoms with Gasteiger partial charge in [-0.3, -0.25) is 4.79 Å². The normalized spacial score (nSPS) is 18.5.